The molecule has 2 N–H and O–H groups in total. The molecule has 0 spiro atoms. The van der Waals surface area contributed by atoms with Crippen LogP contribution in [0.4, 0.5) is 0 Å². The van der Waals surface area contributed by atoms with Crippen molar-refractivity contribution in [3.8, 4) is 0 Å². The molecule has 3 heteroatoms. The summed E-state index contributed by atoms with van der Waals surface area (Å²) in [7, 11) is 0. The van der Waals surface area contributed by atoms with Gasteiger partial charge in [-0.05, 0) is 25.8 Å². The molecule has 1 aromatic carbocycles. The van der Waals surface area contributed by atoms with Crippen molar-refractivity contribution in [1.29, 1.82) is 0 Å². The van der Waals surface area contributed by atoms with Crippen LogP contribution in [0.2, 0.25) is 0 Å². The average Bonchev–Trinajstić information content (AvgIpc) is 2.36. The van der Waals surface area contributed by atoms with Crippen LogP contribution in [0.5, 0.6) is 0 Å². The van der Waals surface area contributed by atoms with Crippen LogP contribution in [0.1, 0.15) is 39.2 Å². The van der Waals surface area contributed by atoms with Gasteiger partial charge in [0.2, 0.25) is 5.91 Å². The van der Waals surface area contributed by atoms with Crippen LogP contribution in [0.25, 0.3) is 0 Å². The summed E-state index contributed by atoms with van der Waals surface area (Å²) < 4.78 is 0. The van der Waals surface area contributed by atoms with E-state index in [2.05, 4.69) is 0 Å². The van der Waals surface area contributed by atoms with Gasteiger partial charge in [-0.3, -0.25) is 4.79 Å². The fraction of sp³-hybridized carbons (Fsp3) is 0.533. The molecule has 0 saturated heterocycles. The van der Waals surface area contributed by atoms with Gasteiger partial charge in [0, 0.05) is 25.0 Å². The van der Waals surface area contributed by atoms with Crippen molar-refractivity contribution in [2.45, 2.75) is 52.2 Å². The molecule has 0 heterocycles. The standard InChI is InChI=1S/C15H24N2O/c1-4-14(16)10-15(18)17(12(2)3)11-13-8-6-5-7-9-13/h5-9,12,14H,4,10-11,16H2,1-3H3. The molecule has 0 aliphatic heterocycles. The molecule has 1 amide bonds. The minimum Gasteiger partial charge on any atom is -0.336 e. The fourth-order valence-electron chi connectivity index (χ4n) is 1.82. The Morgan fingerprint density at radius 3 is 2.39 bits per heavy atom. The minimum absolute atomic E-state index is 0.0328. The molecule has 0 aliphatic rings. The number of carbonyl (C=O) groups is 1. The average molecular weight is 248 g/mol. The quantitative estimate of drug-likeness (QED) is 0.841. The predicted octanol–water partition coefficient (Wildman–Crippen LogP) is 2.55. The Hall–Kier alpha value is -1.35. The van der Waals surface area contributed by atoms with E-state index >= 15 is 0 Å². The number of benzene rings is 1. The van der Waals surface area contributed by atoms with E-state index in [-0.39, 0.29) is 18.0 Å². The monoisotopic (exact) mass is 248 g/mol. The van der Waals surface area contributed by atoms with Crippen molar-refractivity contribution in [2.75, 3.05) is 0 Å². The van der Waals surface area contributed by atoms with Gasteiger partial charge in [0.05, 0.1) is 0 Å². The lowest BCUT2D eigenvalue weighted by Gasteiger charge is -2.28. The van der Waals surface area contributed by atoms with Gasteiger partial charge >= 0.3 is 0 Å². The van der Waals surface area contributed by atoms with E-state index in [0.717, 1.165) is 12.0 Å². The summed E-state index contributed by atoms with van der Waals surface area (Å²) in [4.78, 5) is 14.1. The Labute approximate surface area is 110 Å². The predicted molar refractivity (Wildman–Crippen MR) is 75.0 cm³/mol. The summed E-state index contributed by atoms with van der Waals surface area (Å²) in [5.41, 5.74) is 7.01. The van der Waals surface area contributed by atoms with Crippen LogP contribution in [0, 0.1) is 0 Å². The summed E-state index contributed by atoms with van der Waals surface area (Å²) in [5, 5.41) is 0. The largest absolute Gasteiger partial charge is 0.336 e. The lowest BCUT2D eigenvalue weighted by atomic mass is 10.1. The maximum Gasteiger partial charge on any atom is 0.224 e. The number of carbonyl (C=O) groups excluding carboxylic acids is 1. The van der Waals surface area contributed by atoms with Crippen molar-refractivity contribution >= 4 is 5.91 Å². The lowest BCUT2D eigenvalue weighted by molar-refractivity contribution is -0.133. The van der Waals surface area contributed by atoms with Crippen LogP contribution in [0.15, 0.2) is 30.3 Å². The highest BCUT2D eigenvalue weighted by Gasteiger charge is 2.18. The maximum atomic E-state index is 12.2. The maximum absolute atomic E-state index is 12.2. The molecule has 1 atom stereocenters. The van der Waals surface area contributed by atoms with E-state index in [0.29, 0.717) is 13.0 Å². The molecule has 0 bridgehead atoms. The van der Waals surface area contributed by atoms with Gasteiger partial charge in [-0.15, -0.1) is 0 Å². The molecule has 0 fully saturated rings. The Morgan fingerprint density at radius 1 is 1.28 bits per heavy atom. The van der Waals surface area contributed by atoms with Crippen LogP contribution < -0.4 is 5.73 Å². The topological polar surface area (TPSA) is 46.3 Å². The van der Waals surface area contributed by atoms with Gasteiger partial charge in [0.1, 0.15) is 0 Å². The molecule has 3 nitrogen and oxygen atoms in total. The Bertz CT molecular complexity index is 362. The van der Waals surface area contributed by atoms with Gasteiger partial charge in [0.15, 0.2) is 0 Å². The zero-order valence-electron chi connectivity index (χ0n) is 11.6. The van der Waals surface area contributed by atoms with E-state index in [9.17, 15) is 4.79 Å². The lowest BCUT2D eigenvalue weighted by Crippen LogP contribution is -2.39. The van der Waals surface area contributed by atoms with E-state index in [1.54, 1.807) is 0 Å². The molecule has 0 aromatic heterocycles. The SMILES string of the molecule is CCC(N)CC(=O)N(Cc1ccccc1)C(C)C. The van der Waals surface area contributed by atoms with Crippen molar-refractivity contribution in [3.63, 3.8) is 0 Å². The van der Waals surface area contributed by atoms with Crippen molar-refractivity contribution in [1.82, 2.24) is 4.90 Å². The second-order valence-electron chi connectivity index (χ2n) is 4.97. The summed E-state index contributed by atoms with van der Waals surface area (Å²) >= 11 is 0. The molecule has 1 aromatic rings. The van der Waals surface area contributed by atoms with Gasteiger partial charge in [-0.1, -0.05) is 37.3 Å². The smallest absolute Gasteiger partial charge is 0.224 e. The van der Waals surface area contributed by atoms with Gasteiger partial charge < -0.3 is 10.6 Å². The summed E-state index contributed by atoms with van der Waals surface area (Å²) in [6.45, 7) is 6.75. The Kier molecular flexibility index (Phi) is 5.86. The number of rotatable bonds is 6. The number of nitrogens with two attached hydrogens (primary N) is 1. The van der Waals surface area contributed by atoms with Crippen molar-refractivity contribution < 1.29 is 4.79 Å². The Morgan fingerprint density at radius 2 is 1.89 bits per heavy atom. The Balaban J connectivity index is 2.68. The van der Waals surface area contributed by atoms with Crippen LogP contribution >= 0.6 is 0 Å². The van der Waals surface area contributed by atoms with Crippen LogP contribution in [0.3, 0.4) is 0 Å². The van der Waals surface area contributed by atoms with E-state index < -0.39 is 0 Å². The first kappa shape index (κ1) is 14.7. The van der Waals surface area contributed by atoms with E-state index in [1.807, 2.05) is 56.0 Å². The summed E-state index contributed by atoms with van der Waals surface area (Å²) in [6, 6.07) is 10.2. The van der Waals surface area contributed by atoms with E-state index in [4.69, 9.17) is 5.73 Å². The molecule has 1 rings (SSSR count). The first-order valence-corrected chi connectivity index (χ1v) is 6.63. The molecule has 100 valence electrons. The van der Waals surface area contributed by atoms with Crippen molar-refractivity contribution in [2.24, 2.45) is 5.73 Å². The second-order valence-corrected chi connectivity index (χ2v) is 4.97. The number of amides is 1. The first-order chi connectivity index (χ1) is 8.54. The molecular weight excluding hydrogens is 224 g/mol. The van der Waals surface area contributed by atoms with Gasteiger partial charge in [-0.25, -0.2) is 0 Å². The molecule has 0 aliphatic carbocycles. The fourth-order valence-corrected chi connectivity index (χ4v) is 1.82. The van der Waals surface area contributed by atoms with Crippen molar-refractivity contribution in [3.05, 3.63) is 35.9 Å². The minimum atomic E-state index is -0.0328. The third-order valence-corrected chi connectivity index (χ3v) is 3.10. The number of hydrogen-bond donors (Lipinski definition) is 1. The zero-order valence-corrected chi connectivity index (χ0v) is 11.6. The molecule has 0 saturated carbocycles. The zero-order chi connectivity index (χ0) is 13.5. The molecule has 0 radical (unpaired) electrons. The third kappa shape index (κ3) is 4.49. The second kappa shape index (κ2) is 7.17. The molecule has 18 heavy (non-hydrogen) atoms. The highest BCUT2D eigenvalue weighted by molar-refractivity contribution is 5.77. The highest BCUT2D eigenvalue weighted by Crippen LogP contribution is 2.11. The molecular formula is C15H24N2O. The normalized spacial score (nSPS) is 12.5. The first-order valence-electron chi connectivity index (χ1n) is 6.63. The highest BCUT2D eigenvalue weighted by atomic mass is 16.2. The summed E-state index contributed by atoms with van der Waals surface area (Å²) in [6.07, 6.45) is 1.27. The molecule has 1 unspecified atom stereocenters. The third-order valence-electron chi connectivity index (χ3n) is 3.10. The number of hydrogen-bond acceptors (Lipinski definition) is 2. The number of nitrogens with zero attached hydrogens (tertiary/aromatic N) is 1. The van der Waals surface area contributed by atoms with Crippen LogP contribution in [-0.2, 0) is 11.3 Å². The van der Waals surface area contributed by atoms with Gasteiger partial charge in [0.25, 0.3) is 0 Å². The summed E-state index contributed by atoms with van der Waals surface area (Å²) in [5.74, 6) is 0.142. The van der Waals surface area contributed by atoms with Crippen LogP contribution in [-0.4, -0.2) is 22.9 Å². The van der Waals surface area contributed by atoms with Gasteiger partial charge in [-0.2, -0.15) is 0 Å². The van der Waals surface area contributed by atoms with E-state index in [1.165, 1.54) is 0 Å².